The van der Waals surface area contributed by atoms with Crippen molar-refractivity contribution >= 4 is 34.3 Å². The van der Waals surface area contributed by atoms with Gasteiger partial charge in [0.1, 0.15) is 17.2 Å². The van der Waals surface area contributed by atoms with Crippen LogP contribution in [0.5, 0.6) is 0 Å². The van der Waals surface area contributed by atoms with Gasteiger partial charge in [-0.05, 0) is 35.9 Å². The number of benzene rings is 2. The van der Waals surface area contributed by atoms with Crippen LogP contribution in [0.4, 0.5) is 0 Å². The van der Waals surface area contributed by atoms with Gasteiger partial charge in [-0.15, -0.1) is 0 Å². The lowest BCUT2D eigenvalue weighted by atomic mass is 10.1. The monoisotopic (exact) mass is 280 g/mol. The first-order chi connectivity index (χ1) is 9.76. The summed E-state index contributed by atoms with van der Waals surface area (Å²) in [6, 6.07) is 16.8. The lowest BCUT2D eigenvalue weighted by Gasteiger charge is -1.95. The van der Waals surface area contributed by atoms with Gasteiger partial charge >= 0.3 is 0 Å². The Morgan fingerprint density at radius 1 is 1.20 bits per heavy atom. The molecular formula is C16H9ClN2O. The molecule has 0 fully saturated rings. The minimum Gasteiger partial charge on any atom is -0.435 e. The Hall–Kier alpha value is -2.57. The van der Waals surface area contributed by atoms with E-state index < -0.39 is 0 Å². The van der Waals surface area contributed by atoms with Crippen LogP contribution in [-0.4, -0.2) is 4.98 Å². The molecule has 3 aromatic rings. The first-order valence-corrected chi connectivity index (χ1v) is 6.37. The highest BCUT2D eigenvalue weighted by atomic mass is 35.5. The Balaban J connectivity index is 2.07. The van der Waals surface area contributed by atoms with E-state index in [-0.39, 0.29) is 0 Å². The Morgan fingerprint density at radius 2 is 2.05 bits per heavy atom. The fourth-order valence-corrected chi connectivity index (χ4v) is 2.09. The summed E-state index contributed by atoms with van der Waals surface area (Å²) < 4.78 is 5.59. The van der Waals surface area contributed by atoms with Gasteiger partial charge in [0.2, 0.25) is 5.89 Å². The van der Waals surface area contributed by atoms with Gasteiger partial charge in [0.05, 0.1) is 0 Å². The number of aromatic nitrogens is 1. The van der Waals surface area contributed by atoms with Gasteiger partial charge in [-0.25, -0.2) is 4.98 Å². The minimum absolute atomic E-state index is 0.314. The lowest BCUT2D eigenvalue weighted by molar-refractivity contribution is 0.586. The Bertz CT molecular complexity index is 810. The average molecular weight is 281 g/mol. The van der Waals surface area contributed by atoms with E-state index in [0.29, 0.717) is 22.1 Å². The number of hydrogen-bond acceptors (Lipinski definition) is 3. The summed E-state index contributed by atoms with van der Waals surface area (Å²) in [5.74, 6) is 0.314. The van der Waals surface area contributed by atoms with Crippen molar-refractivity contribution in [1.29, 1.82) is 5.26 Å². The van der Waals surface area contributed by atoms with Crippen LogP contribution in [0, 0.1) is 11.3 Å². The summed E-state index contributed by atoms with van der Waals surface area (Å²) in [5.41, 5.74) is 2.59. The highest BCUT2D eigenvalue weighted by molar-refractivity contribution is 6.30. The van der Waals surface area contributed by atoms with Gasteiger partial charge in [-0.1, -0.05) is 35.9 Å². The first-order valence-electron chi connectivity index (χ1n) is 5.99. The summed E-state index contributed by atoms with van der Waals surface area (Å²) in [6.07, 6.45) is 1.70. The van der Waals surface area contributed by atoms with Crippen molar-refractivity contribution in [2.45, 2.75) is 0 Å². The molecule has 0 saturated heterocycles. The molecule has 1 aromatic heterocycles. The van der Waals surface area contributed by atoms with Crippen LogP contribution in [0.15, 0.2) is 52.9 Å². The summed E-state index contributed by atoms with van der Waals surface area (Å²) in [4.78, 5) is 4.31. The molecule has 0 N–H and O–H groups in total. The zero-order valence-electron chi connectivity index (χ0n) is 10.4. The van der Waals surface area contributed by atoms with Crippen LogP contribution in [0.25, 0.3) is 22.7 Å². The van der Waals surface area contributed by atoms with Crippen molar-refractivity contribution in [3.05, 3.63) is 65.0 Å². The molecule has 20 heavy (non-hydrogen) atoms. The van der Waals surface area contributed by atoms with Crippen LogP contribution in [-0.2, 0) is 0 Å². The number of nitrogens with zero attached hydrogens (tertiary/aromatic N) is 2. The van der Waals surface area contributed by atoms with Crippen molar-refractivity contribution in [2.24, 2.45) is 0 Å². The quantitative estimate of drug-likeness (QED) is 0.647. The van der Waals surface area contributed by atoms with Gasteiger partial charge in [0.15, 0.2) is 5.58 Å². The molecule has 0 aliphatic rings. The fourth-order valence-electron chi connectivity index (χ4n) is 1.89. The molecule has 0 amide bonds. The highest BCUT2D eigenvalue weighted by Crippen LogP contribution is 2.23. The molecular weight excluding hydrogens is 272 g/mol. The standard InChI is InChI=1S/C16H9ClN2O/c17-13-5-3-4-11(9-13)8-12(10-18)16-19-14-6-1-2-7-15(14)20-16/h1-9H. The number of halogens is 1. The third-order valence-electron chi connectivity index (χ3n) is 2.80. The second-order valence-corrected chi connectivity index (χ2v) is 4.65. The molecule has 1 heterocycles. The van der Waals surface area contributed by atoms with Crippen molar-refractivity contribution in [1.82, 2.24) is 4.98 Å². The van der Waals surface area contributed by atoms with Crippen molar-refractivity contribution in [2.75, 3.05) is 0 Å². The highest BCUT2D eigenvalue weighted by Gasteiger charge is 2.10. The van der Waals surface area contributed by atoms with Crippen molar-refractivity contribution in [3.8, 4) is 6.07 Å². The fraction of sp³-hybridized carbons (Fsp3) is 0. The van der Waals surface area contributed by atoms with E-state index in [2.05, 4.69) is 11.1 Å². The lowest BCUT2D eigenvalue weighted by Crippen LogP contribution is -1.81. The number of rotatable bonds is 2. The second kappa shape index (κ2) is 5.20. The predicted molar refractivity (Wildman–Crippen MR) is 78.9 cm³/mol. The minimum atomic E-state index is 0.314. The van der Waals surface area contributed by atoms with E-state index in [4.69, 9.17) is 16.0 Å². The Labute approximate surface area is 120 Å². The summed E-state index contributed by atoms with van der Waals surface area (Å²) in [6.45, 7) is 0. The van der Waals surface area contributed by atoms with Gasteiger partial charge in [0, 0.05) is 5.02 Å². The smallest absolute Gasteiger partial charge is 0.238 e. The molecule has 0 bridgehead atoms. The van der Waals surface area contributed by atoms with Crippen molar-refractivity contribution < 1.29 is 4.42 Å². The first kappa shape index (κ1) is 12.5. The topological polar surface area (TPSA) is 49.8 Å². The van der Waals surface area contributed by atoms with Gasteiger partial charge < -0.3 is 4.42 Å². The number of allylic oxidation sites excluding steroid dienone is 1. The van der Waals surface area contributed by atoms with E-state index in [1.54, 1.807) is 18.2 Å². The summed E-state index contributed by atoms with van der Waals surface area (Å²) in [5, 5.41) is 9.90. The molecule has 0 aliphatic carbocycles. The van der Waals surface area contributed by atoms with Gasteiger partial charge in [0.25, 0.3) is 0 Å². The number of fused-ring (bicyclic) bond motifs is 1. The zero-order valence-corrected chi connectivity index (χ0v) is 11.1. The van der Waals surface area contributed by atoms with Crippen LogP contribution in [0.1, 0.15) is 11.5 Å². The third-order valence-corrected chi connectivity index (χ3v) is 3.04. The molecule has 3 rings (SSSR count). The maximum atomic E-state index is 9.28. The van der Waals surface area contributed by atoms with Gasteiger partial charge in [-0.3, -0.25) is 0 Å². The Kier molecular flexibility index (Phi) is 3.24. The molecule has 0 unspecified atom stereocenters. The van der Waals surface area contributed by atoms with E-state index in [0.717, 1.165) is 11.1 Å². The van der Waals surface area contributed by atoms with E-state index in [1.807, 2.05) is 36.4 Å². The van der Waals surface area contributed by atoms with Crippen LogP contribution in [0.3, 0.4) is 0 Å². The zero-order chi connectivity index (χ0) is 13.9. The summed E-state index contributed by atoms with van der Waals surface area (Å²) in [7, 11) is 0. The molecule has 3 nitrogen and oxygen atoms in total. The second-order valence-electron chi connectivity index (χ2n) is 4.21. The van der Waals surface area contributed by atoms with E-state index in [1.165, 1.54) is 0 Å². The molecule has 0 spiro atoms. The largest absolute Gasteiger partial charge is 0.435 e. The predicted octanol–water partition coefficient (Wildman–Crippen LogP) is 4.55. The molecule has 96 valence electrons. The molecule has 2 aromatic carbocycles. The Morgan fingerprint density at radius 3 is 2.80 bits per heavy atom. The molecule has 0 saturated carbocycles. The maximum absolute atomic E-state index is 9.28. The number of oxazole rings is 1. The normalized spacial score (nSPS) is 11.5. The van der Waals surface area contributed by atoms with Crippen LogP contribution in [0.2, 0.25) is 5.02 Å². The summed E-state index contributed by atoms with van der Waals surface area (Å²) >= 11 is 5.93. The van der Waals surface area contributed by atoms with E-state index >= 15 is 0 Å². The van der Waals surface area contributed by atoms with Gasteiger partial charge in [-0.2, -0.15) is 5.26 Å². The van der Waals surface area contributed by atoms with Crippen molar-refractivity contribution in [3.63, 3.8) is 0 Å². The molecule has 4 heteroatoms. The third kappa shape index (κ3) is 2.42. The number of hydrogen-bond donors (Lipinski definition) is 0. The molecule has 0 radical (unpaired) electrons. The molecule has 0 atom stereocenters. The number of para-hydroxylation sites is 2. The van der Waals surface area contributed by atoms with Crippen LogP contribution >= 0.6 is 11.6 Å². The van der Waals surface area contributed by atoms with Crippen LogP contribution < -0.4 is 0 Å². The number of nitriles is 1. The SMILES string of the molecule is N#CC(=Cc1cccc(Cl)c1)c1nc2ccccc2o1. The molecule has 0 aliphatic heterocycles. The maximum Gasteiger partial charge on any atom is 0.238 e. The van der Waals surface area contributed by atoms with E-state index in [9.17, 15) is 5.26 Å². The average Bonchev–Trinajstić information content (AvgIpc) is 2.88.